The molecule has 1 aromatic carbocycles. The van der Waals surface area contributed by atoms with Crippen LogP contribution in [-0.4, -0.2) is 41.1 Å². The predicted molar refractivity (Wildman–Crippen MR) is 124 cm³/mol. The molecule has 5 nitrogen and oxygen atoms in total. The molecular weight excluding hydrogens is 370 g/mol. The number of piperazine rings is 1. The summed E-state index contributed by atoms with van der Waals surface area (Å²) >= 11 is 0. The number of anilines is 1. The van der Waals surface area contributed by atoms with Gasteiger partial charge in [-0.3, -0.25) is 4.98 Å². The third kappa shape index (κ3) is 3.25. The van der Waals surface area contributed by atoms with Crippen molar-refractivity contribution in [3.05, 3.63) is 65.6 Å². The summed E-state index contributed by atoms with van der Waals surface area (Å²) in [5.74, 6) is 1.06. The second-order valence-corrected chi connectivity index (χ2v) is 8.16. The first-order chi connectivity index (χ1) is 14.6. The van der Waals surface area contributed by atoms with E-state index in [1.54, 1.807) is 0 Å². The highest BCUT2D eigenvalue weighted by atomic mass is 15.2. The second-order valence-electron chi connectivity index (χ2n) is 8.16. The highest BCUT2D eigenvalue weighted by Crippen LogP contribution is 2.34. The van der Waals surface area contributed by atoms with Gasteiger partial charge in [0.25, 0.3) is 0 Å². The molecular formula is C25H27N5. The SMILES string of the molecule is Cc1cncc(-c2[nH]c3cc(-c4ccc(N5CCNCC5)nc4)ccc3c2C)c1C. The van der Waals surface area contributed by atoms with Crippen molar-refractivity contribution in [2.24, 2.45) is 0 Å². The Morgan fingerprint density at radius 3 is 2.43 bits per heavy atom. The topological polar surface area (TPSA) is 56.8 Å². The van der Waals surface area contributed by atoms with Gasteiger partial charge in [-0.15, -0.1) is 0 Å². The van der Waals surface area contributed by atoms with Crippen molar-refractivity contribution >= 4 is 16.7 Å². The van der Waals surface area contributed by atoms with E-state index >= 15 is 0 Å². The monoisotopic (exact) mass is 397 g/mol. The molecule has 4 heterocycles. The molecule has 0 atom stereocenters. The third-order valence-corrected chi connectivity index (χ3v) is 6.32. The molecule has 2 N–H and O–H groups in total. The van der Waals surface area contributed by atoms with Crippen LogP contribution >= 0.6 is 0 Å². The molecule has 0 saturated carbocycles. The highest BCUT2D eigenvalue weighted by Gasteiger charge is 2.14. The largest absolute Gasteiger partial charge is 0.354 e. The van der Waals surface area contributed by atoms with Crippen molar-refractivity contribution < 1.29 is 0 Å². The van der Waals surface area contributed by atoms with Gasteiger partial charge in [0.05, 0.1) is 5.69 Å². The Labute approximate surface area is 177 Å². The predicted octanol–water partition coefficient (Wildman–Crippen LogP) is 4.63. The van der Waals surface area contributed by atoms with E-state index in [9.17, 15) is 0 Å². The van der Waals surface area contributed by atoms with Crippen molar-refractivity contribution in [2.45, 2.75) is 20.8 Å². The molecule has 0 amide bonds. The number of hydrogen-bond donors (Lipinski definition) is 2. The zero-order chi connectivity index (χ0) is 20.7. The van der Waals surface area contributed by atoms with Gasteiger partial charge in [-0.2, -0.15) is 0 Å². The molecule has 152 valence electrons. The number of hydrogen-bond acceptors (Lipinski definition) is 4. The Morgan fingerprint density at radius 2 is 1.67 bits per heavy atom. The molecule has 1 fully saturated rings. The fourth-order valence-electron chi connectivity index (χ4n) is 4.31. The summed E-state index contributed by atoms with van der Waals surface area (Å²) < 4.78 is 0. The molecule has 0 aliphatic carbocycles. The Balaban J connectivity index is 1.50. The number of rotatable bonds is 3. The van der Waals surface area contributed by atoms with E-state index in [0.29, 0.717) is 0 Å². The number of aromatic amines is 1. The summed E-state index contributed by atoms with van der Waals surface area (Å²) in [4.78, 5) is 15.1. The molecule has 30 heavy (non-hydrogen) atoms. The van der Waals surface area contributed by atoms with E-state index in [1.165, 1.54) is 33.2 Å². The van der Waals surface area contributed by atoms with Crippen molar-refractivity contribution in [1.82, 2.24) is 20.3 Å². The maximum atomic E-state index is 4.73. The van der Waals surface area contributed by atoms with Crippen LogP contribution in [-0.2, 0) is 0 Å². The maximum Gasteiger partial charge on any atom is 0.128 e. The lowest BCUT2D eigenvalue weighted by atomic mass is 10.0. The number of nitrogens with one attached hydrogen (secondary N) is 2. The molecule has 0 radical (unpaired) electrons. The molecule has 1 aliphatic heterocycles. The average molecular weight is 398 g/mol. The lowest BCUT2D eigenvalue weighted by Gasteiger charge is -2.28. The summed E-state index contributed by atoms with van der Waals surface area (Å²) in [7, 11) is 0. The van der Waals surface area contributed by atoms with Gasteiger partial charge < -0.3 is 15.2 Å². The van der Waals surface area contributed by atoms with Gasteiger partial charge in [0, 0.05) is 66.8 Å². The first kappa shape index (κ1) is 18.8. The van der Waals surface area contributed by atoms with Crippen molar-refractivity contribution in [1.29, 1.82) is 0 Å². The van der Waals surface area contributed by atoms with Crippen molar-refractivity contribution in [3.8, 4) is 22.4 Å². The lowest BCUT2D eigenvalue weighted by molar-refractivity contribution is 0.585. The summed E-state index contributed by atoms with van der Waals surface area (Å²) in [6.07, 6.45) is 5.87. The Bertz CT molecular complexity index is 1200. The van der Waals surface area contributed by atoms with Crippen LogP contribution in [0.1, 0.15) is 16.7 Å². The van der Waals surface area contributed by atoms with E-state index in [1.807, 2.05) is 18.6 Å². The quantitative estimate of drug-likeness (QED) is 0.529. The Kier molecular flexibility index (Phi) is 4.75. The number of aryl methyl sites for hydroxylation is 2. The minimum absolute atomic E-state index is 1.01. The van der Waals surface area contributed by atoms with Crippen molar-refractivity contribution in [3.63, 3.8) is 0 Å². The van der Waals surface area contributed by atoms with E-state index < -0.39 is 0 Å². The van der Waals surface area contributed by atoms with Crippen LogP contribution in [0.25, 0.3) is 33.3 Å². The van der Waals surface area contributed by atoms with E-state index in [4.69, 9.17) is 4.98 Å². The smallest absolute Gasteiger partial charge is 0.128 e. The first-order valence-electron chi connectivity index (χ1n) is 10.6. The van der Waals surface area contributed by atoms with E-state index in [2.05, 4.69) is 71.3 Å². The zero-order valence-corrected chi connectivity index (χ0v) is 17.8. The van der Waals surface area contributed by atoms with Crippen LogP contribution in [0.15, 0.2) is 48.9 Å². The van der Waals surface area contributed by atoms with E-state index in [0.717, 1.165) is 48.8 Å². The van der Waals surface area contributed by atoms with E-state index in [-0.39, 0.29) is 0 Å². The number of pyridine rings is 2. The molecule has 3 aromatic heterocycles. The van der Waals surface area contributed by atoms with Crippen LogP contribution < -0.4 is 10.2 Å². The first-order valence-corrected chi connectivity index (χ1v) is 10.6. The molecule has 0 bridgehead atoms. The van der Waals surface area contributed by atoms with Gasteiger partial charge >= 0.3 is 0 Å². The van der Waals surface area contributed by atoms with Gasteiger partial charge in [-0.25, -0.2) is 4.98 Å². The standard InChI is InChI=1S/C25H27N5/c1-16-13-27-15-22(17(16)2)25-18(3)21-6-4-19(12-23(21)29-25)20-5-7-24(28-14-20)30-10-8-26-9-11-30/h4-7,12-15,26,29H,8-11H2,1-3H3. The average Bonchev–Trinajstić information content (AvgIpc) is 3.12. The van der Waals surface area contributed by atoms with Crippen LogP contribution in [0.3, 0.4) is 0 Å². The zero-order valence-electron chi connectivity index (χ0n) is 17.8. The second kappa shape index (κ2) is 7.58. The van der Waals surface area contributed by atoms with Crippen LogP contribution in [0, 0.1) is 20.8 Å². The van der Waals surface area contributed by atoms with Gasteiger partial charge in [-0.05, 0) is 61.2 Å². The fourth-order valence-corrected chi connectivity index (χ4v) is 4.31. The van der Waals surface area contributed by atoms with Gasteiger partial charge in [0.2, 0.25) is 0 Å². The van der Waals surface area contributed by atoms with Gasteiger partial charge in [-0.1, -0.05) is 12.1 Å². The number of nitrogens with zero attached hydrogens (tertiary/aromatic N) is 3. The number of H-pyrrole nitrogens is 1. The van der Waals surface area contributed by atoms with Crippen LogP contribution in [0.4, 0.5) is 5.82 Å². The van der Waals surface area contributed by atoms with Crippen molar-refractivity contribution in [2.75, 3.05) is 31.1 Å². The molecule has 0 spiro atoms. The normalized spacial score (nSPS) is 14.4. The summed E-state index contributed by atoms with van der Waals surface area (Å²) in [6.45, 7) is 10.5. The molecule has 4 aromatic rings. The van der Waals surface area contributed by atoms with Gasteiger partial charge in [0.15, 0.2) is 0 Å². The fraction of sp³-hybridized carbons (Fsp3) is 0.280. The summed E-state index contributed by atoms with van der Waals surface area (Å²) in [5, 5.41) is 4.64. The molecule has 5 heteroatoms. The minimum atomic E-state index is 1.01. The minimum Gasteiger partial charge on any atom is -0.354 e. The molecule has 0 unspecified atom stereocenters. The Hall–Kier alpha value is -3.18. The van der Waals surface area contributed by atoms with Crippen LogP contribution in [0.2, 0.25) is 0 Å². The summed E-state index contributed by atoms with van der Waals surface area (Å²) in [6, 6.07) is 10.9. The van der Waals surface area contributed by atoms with Crippen LogP contribution in [0.5, 0.6) is 0 Å². The maximum absolute atomic E-state index is 4.73. The number of aromatic nitrogens is 3. The molecule has 1 aliphatic rings. The summed E-state index contributed by atoms with van der Waals surface area (Å²) in [5.41, 5.74) is 9.53. The lowest BCUT2D eigenvalue weighted by Crippen LogP contribution is -2.43. The molecule has 1 saturated heterocycles. The van der Waals surface area contributed by atoms with Gasteiger partial charge in [0.1, 0.15) is 5.82 Å². The highest BCUT2D eigenvalue weighted by molar-refractivity contribution is 5.93. The number of fused-ring (bicyclic) bond motifs is 1. The Morgan fingerprint density at radius 1 is 0.867 bits per heavy atom. The third-order valence-electron chi connectivity index (χ3n) is 6.32. The molecule has 5 rings (SSSR count). The number of benzene rings is 1.